The zero-order valence-electron chi connectivity index (χ0n) is 8.82. The van der Waals surface area contributed by atoms with Crippen LogP contribution in [0.15, 0.2) is 22.8 Å². The molecule has 2 amide bonds. The average Bonchev–Trinajstić information content (AvgIpc) is 2.79. The predicted octanol–water partition coefficient (Wildman–Crippen LogP) is 0.147. The van der Waals surface area contributed by atoms with Gasteiger partial charge in [0.25, 0.3) is 5.91 Å². The largest absolute Gasteiger partial charge is 0.459 e. The summed E-state index contributed by atoms with van der Waals surface area (Å²) in [6.45, 7) is 1.70. The molecular weight excluding hydrogens is 208 g/mol. The summed E-state index contributed by atoms with van der Waals surface area (Å²) in [5.41, 5.74) is 0. The molecule has 0 aliphatic rings. The molecule has 0 fully saturated rings. The van der Waals surface area contributed by atoms with Crippen molar-refractivity contribution in [3.8, 4) is 12.3 Å². The Morgan fingerprint density at radius 3 is 2.94 bits per heavy atom. The highest BCUT2D eigenvalue weighted by Gasteiger charge is 2.17. The first kappa shape index (κ1) is 11.9. The van der Waals surface area contributed by atoms with E-state index in [1.54, 1.807) is 13.0 Å². The van der Waals surface area contributed by atoms with Crippen LogP contribution in [-0.4, -0.2) is 24.4 Å². The van der Waals surface area contributed by atoms with Gasteiger partial charge in [0.15, 0.2) is 5.76 Å². The highest BCUT2D eigenvalue weighted by atomic mass is 16.3. The number of hydrogen-bond donors (Lipinski definition) is 2. The van der Waals surface area contributed by atoms with E-state index in [4.69, 9.17) is 10.8 Å². The Morgan fingerprint density at radius 1 is 1.62 bits per heavy atom. The van der Waals surface area contributed by atoms with Crippen molar-refractivity contribution in [2.24, 2.45) is 0 Å². The maximum Gasteiger partial charge on any atom is 0.287 e. The monoisotopic (exact) mass is 220 g/mol. The Morgan fingerprint density at radius 2 is 2.38 bits per heavy atom. The van der Waals surface area contributed by atoms with Gasteiger partial charge in [0.05, 0.1) is 12.8 Å². The molecule has 1 rings (SSSR count). The quantitative estimate of drug-likeness (QED) is 0.709. The van der Waals surface area contributed by atoms with Gasteiger partial charge in [-0.3, -0.25) is 9.59 Å². The van der Waals surface area contributed by atoms with Gasteiger partial charge in [-0.1, -0.05) is 5.92 Å². The number of carbonyl (C=O) groups excluding carboxylic acids is 2. The molecule has 0 bridgehead atoms. The second-order valence-corrected chi connectivity index (χ2v) is 3.09. The third-order valence-electron chi connectivity index (χ3n) is 1.85. The fraction of sp³-hybridized carbons (Fsp3) is 0.273. The van der Waals surface area contributed by atoms with Gasteiger partial charge in [0, 0.05) is 0 Å². The number of rotatable bonds is 4. The Kier molecular flexibility index (Phi) is 4.16. The molecule has 0 aromatic carbocycles. The Labute approximate surface area is 93.2 Å². The van der Waals surface area contributed by atoms with E-state index in [1.165, 1.54) is 12.3 Å². The summed E-state index contributed by atoms with van der Waals surface area (Å²) in [5.74, 6) is 1.66. The highest BCUT2D eigenvalue weighted by molar-refractivity contribution is 5.95. The van der Waals surface area contributed by atoms with Gasteiger partial charge in [-0.05, 0) is 19.1 Å². The summed E-state index contributed by atoms with van der Waals surface area (Å²) in [7, 11) is 0. The minimum atomic E-state index is -0.661. The molecule has 0 aliphatic carbocycles. The van der Waals surface area contributed by atoms with Crippen LogP contribution in [0.5, 0.6) is 0 Å². The average molecular weight is 220 g/mol. The number of amides is 2. The van der Waals surface area contributed by atoms with E-state index >= 15 is 0 Å². The lowest BCUT2D eigenvalue weighted by Gasteiger charge is -2.11. The van der Waals surface area contributed by atoms with Gasteiger partial charge in [0.1, 0.15) is 6.04 Å². The SMILES string of the molecule is C#CCNC(=O)C(C)NC(=O)c1ccco1. The van der Waals surface area contributed by atoms with Crippen LogP contribution in [0.3, 0.4) is 0 Å². The molecule has 0 saturated carbocycles. The molecular formula is C11H12N2O3. The minimum absolute atomic E-state index is 0.139. The molecule has 1 aromatic rings. The third kappa shape index (κ3) is 3.17. The van der Waals surface area contributed by atoms with Crippen LogP contribution in [-0.2, 0) is 4.79 Å². The van der Waals surface area contributed by atoms with E-state index in [0.717, 1.165) is 0 Å². The van der Waals surface area contributed by atoms with Crippen molar-refractivity contribution in [3.63, 3.8) is 0 Å². The van der Waals surface area contributed by atoms with E-state index in [9.17, 15) is 9.59 Å². The van der Waals surface area contributed by atoms with E-state index in [2.05, 4.69) is 16.6 Å². The first-order chi connectivity index (χ1) is 7.65. The lowest BCUT2D eigenvalue weighted by molar-refractivity contribution is -0.122. The van der Waals surface area contributed by atoms with Gasteiger partial charge in [0.2, 0.25) is 5.91 Å². The second-order valence-electron chi connectivity index (χ2n) is 3.09. The summed E-state index contributed by atoms with van der Waals surface area (Å²) in [5, 5.41) is 4.94. The number of hydrogen-bond acceptors (Lipinski definition) is 3. The summed E-state index contributed by atoms with van der Waals surface area (Å²) in [6.07, 6.45) is 6.38. The van der Waals surface area contributed by atoms with E-state index in [0.29, 0.717) is 0 Å². The molecule has 16 heavy (non-hydrogen) atoms. The van der Waals surface area contributed by atoms with Gasteiger partial charge in [-0.15, -0.1) is 6.42 Å². The third-order valence-corrected chi connectivity index (χ3v) is 1.85. The maximum atomic E-state index is 11.5. The lowest BCUT2D eigenvalue weighted by Crippen LogP contribution is -2.44. The van der Waals surface area contributed by atoms with Crippen molar-refractivity contribution < 1.29 is 14.0 Å². The normalized spacial score (nSPS) is 11.2. The summed E-state index contributed by atoms with van der Waals surface area (Å²) in [6, 6.07) is 2.45. The molecule has 5 heteroatoms. The molecule has 1 atom stereocenters. The first-order valence-electron chi connectivity index (χ1n) is 4.70. The molecule has 2 N–H and O–H groups in total. The molecule has 0 saturated heterocycles. The molecule has 1 aromatic heterocycles. The molecule has 5 nitrogen and oxygen atoms in total. The molecule has 0 spiro atoms. The van der Waals surface area contributed by atoms with Crippen LogP contribution in [0, 0.1) is 12.3 Å². The van der Waals surface area contributed by atoms with Crippen molar-refractivity contribution in [3.05, 3.63) is 24.2 Å². The van der Waals surface area contributed by atoms with Crippen LogP contribution < -0.4 is 10.6 Å². The lowest BCUT2D eigenvalue weighted by atomic mass is 10.3. The van der Waals surface area contributed by atoms with Crippen LogP contribution in [0.2, 0.25) is 0 Å². The van der Waals surface area contributed by atoms with Gasteiger partial charge in [-0.2, -0.15) is 0 Å². The van der Waals surface area contributed by atoms with Crippen LogP contribution in [0.1, 0.15) is 17.5 Å². The molecule has 1 heterocycles. The number of furan rings is 1. The number of nitrogens with one attached hydrogen (secondary N) is 2. The van der Waals surface area contributed by atoms with Crippen LogP contribution >= 0.6 is 0 Å². The molecule has 0 radical (unpaired) electrons. The topological polar surface area (TPSA) is 71.3 Å². The zero-order chi connectivity index (χ0) is 12.0. The van der Waals surface area contributed by atoms with Gasteiger partial charge in [-0.25, -0.2) is 0 Å². The summed E-state index contributed by atoms with van der Waals surface area (Å²) < 4.78 is 4.88. The Balaban J connectivity index is 2.46. The van der Waals surface area contributed by atoms with Crippen LogP contribution in [0.25, 0.3) is 0 Å². The van der Waals surface area contributed by atoms with E-state index in [1.807, 2.05) is 0 Å². The molecule has 84 valence electrons. The van der Waals surface area contributed by atoms with Crippen LogP contribution in [0.4, 0.5) is 0 Å². The van der Waals surface area contributed by atoms with Gasteiger partial charge >= 0.3 is 0 Å². The highest BCUT2D eigenvalue weighted by Crippen LogP contribution is 1.99. The second kappa shape index (κ2) is 5.61. The smallest absolute Gasteiger partial charge is 0.287 e. The molecule has 0 aliphatic heterocycles. The first-order valence-corrected chi connectivity index (χ1v) is 4.70. The van der Waals surface area contributed by atoms with Crippen molar-refractivity contribution in [1.82, 2.24) is 10.6 Å². The van der Waals surface area contributed by atoms with Crippen molar-refractivity contribution in [1.29, 1.82) is 0 Å². The van der Waals surface area contributed by atoms with Gasteiger partial charge < -0.3 is 15.1 Å². The zero-order valence-corrected chi connectivity index (χ0v) is 8.82. The Hall–Kier alpha value is -2.22. The maximum absolute atomic E-state index is 11.5. The van der Waals surface area contributed by atoms with E-state index in [-0.39, 0.29) is 18.2 Å². The number of carbonyl (C=O) groups is 2. The summed E-state index contributed by atoms with van der Waals surface area (Å²) in [4.78, 5) is 22.8. The van der Waals surface area contributed by atoms with E-state index < -0.39 is 11.9 Å². The standard InChI is InChI=1S/C11H12N2O3/c1-3-6-12-10(14)8(2)13-11(15)9-5-4-7-16-9/h1,4-5,7-8H,6H2,2H3,(H,12,14)(H,13,15). The fourth-order valence-corrected chi connectivity index (χ4v) is 1.03. The van der Waals surface area contributed by atoms with Crippen molar-refractivity contribution in [2.45, 2.75) is 13.0 Å². The number of terminal acetylenes is 1. The summed E-state index contributed by atoms with van der Waals surface area (Å²) >= 11 is 0. The predicted molar refractivity (Wildman–Crippen MR) is 57.5 cm³/mol. The van der Waals surface area contributed by atoms with Crippen molar-refractivity contribution >= 4 is 11.8 Å². The van der Waals surface area contributed by atoms with Crippen molar-refractivity contribution in [2.75, 3.05) is 6.54 Å². The Bertz CT molecular complexity index is 403. The fourth-order valence-electron chi connectivity index (χ4n) is 1.03. The molecule has 1 unspecified atom stereocenters. The minimum Gasteiger partial charge on any atom is -0.459 e.